The van der Waals surface area contributed by atoms with Gasteiger partial charge in [0.2, 0.25) is 0 Å². The number of rotatable bonds is 8. The second kappa shape index (κ2) is 10.7. The van der Waals surface area contributed by atoms with Gasteiger partial charge in [0.05, 0.1) is 28.4 Å². The Morgan fingerprint density at radius 1 is 1.11 bits per heavy atom. The number of halogens is 1. The first-order chi connectivity index (χ1) is 18.4. The highest BCUT2D eigenvalue weighted by atomic mass is 35.5. The predicted octanol–water partition coefficient (Wildman–Crippen LogP) is 6.54. The molecule has 0 bridgehead atoms. The van der Waals surface area contributed by atoms with E-state index < -0.39 is 17.7 Å². The number of benzene rings is 3. The molecule has 1 aliphatic rings. The molecule has 2 heterocycles. The number of aliphatic hydroxyl groups excluding tert-OH is 1. The van der Waals surface area contributed by atoms with Crippen LogP contribution in [0.5, 0.6) is 11.5 Å². The number of aromatic nitrogens is 1. The maximum Gasteiger partial charge on any atom is 0.301 e. The third-order valence-electron chi connectivity index (χ3n) is 5.98. The largest absolute Gasteiger partial charge is 0.507 e. The molecule has 7 nitrogen and oxygen atoms in total. The molecule has 192 valence electrons. The molecule has 1 aliphatic heterocycles. The van der Waals surface area contributed by atoms with Crippen molar-refractivity contribution in [3.05, 3.63) is 101 Å². The minimum absolute atomic E-state index is 0.0410. The average molecular weight is 547 g/mol. The van der Waals surface area contributed by atoms with Crippen molar-refractivity contribution in [2.45, 2.75) is 13.0 Å². The van der Waals surface area contributed by atoms with Gasteiger partial charge in [0.1, 0.15) is 12.4 Å². The lowest BCUT2D eigenvalue weighted by molar-refractivity contribution is -0.132. The lowest BCUT2D eigenvalue weighted by Gasteiger charge is -2.24. The van der Waals surface area contributed by atoms with Crippen molar-refractivity contribution >= 4 is 55.7 Å². The van der Waals surface area contributed by atoms with Crippen molar-refractivity contribution in [1.82, 2.24) is 4.98 Å². The molecule has 1 saturated heterocycles. The third kappa shape index (κ3) is 4.64. The molecule has 1 aromatic heterocycles. The molecular formula is C29H23ClN2O5S. The minimum Gasteiger partial charge on any atom is -0.507 e. The Bertz CT molecular complexity index is 1580. The number of Topliss-reactive ketones (excluding diaryl/α,β-unsaturated/α-hetero) is 1. The molecule has 0 aliphatic carbocycles. The molecule has 1 atom stereocenters. The van der Waals surface area contributed by atoms with Crippen LogP contribution in [0.2, 0.25) is 5.02 Å². The molecule has 4 aromatic rings. The van der Waals surface area contributed by atoms with E-state index in [1.807, 2.05) is 6.92 Å². The van der Waals surface area contributed by atoms with Gasteiger partial charge in [-0.1, -0.05) is 72.0 Å². The highest BCUT2D eigenvalue weighted by Gasteiger charge is 2.48. The van der Waals surface area contributed by atoms with Gasteiger partial charge in [0, 0.05) is 10.6 Å². The summed E-state index contributed by atoms with van der Waals surface area (Å²) in [6, 6.07) is 18.1. The number of anilines is 1. The quantitative estimate of drug-likeness (QED) is 0.117. The number of amides is 1. The van der Waals surface area contributed by atoms with Crippen LogP contribution in [0.1, 0.15) is 24.1 Å². The van der Waals surface area contributed by atoms with Crippen LogP contribution in [-0.2, 0) is 9.59 Å². The Balaban J connectivity index is 1.72. The Kier molecular flexibility index (Phi) is 7.18. The summed E-state index contributed by atoms with van der Waals surface area (Å²) in [5.74, 6) is -0.940. The summed E-state index contributed by atoms with van der Waals surface area (Å²) in [6.45, 7) is 6.17. The average Bonchev–Trinajstić information content (AvgIpc) is 3.45. The minimum atomic E-state index is -0.959. The fourth-order valence-electron chi connectivity index (χ4n) is 4.32. The summed E-state index contributed by atoms with van der Waals surface area (Å²) in [6.07, 6.45) is 1.62. The summed E-state index contributed by atoms with van der Waals surface area (Å²) >= 11 is 7.40. The number of fused-ring (bicyclic) bond motifs is 1. The van der Waals surface area contributed by atoms with Gasteiger partial charge in [-0.15, -0.1) is 0 Å². The van der Waals surface area contributed by atoms with Crippen LogP contribution >= 0.6 is 22.9 Å². The van der Waals surface area contributed by atoms with Crippen LogP contribution in [0.3, 0.4) is 0 Å². The van der Waals surface area contributed by atoms with Crippen molar-refractivity contribution in [2.24, 2.45) is 0 Å². The molecule has 1 amide bonds. The molecular weight excluding hydrogens is 524 g/mol. The number of nitrogens with zero attached hydrogens (tertiary/aromatic N) is 2. The topological polar surface area (TPSA) is 89.0 Å². The number of hydrogen-bond donors (Lipinski definition) is 1. The zero-order chi connectivity index (χ0) is 26.8. The van der Waals surface area contributed by atoms with E-state index >= 15 is 0 Å². The zero-order valence-corrected chi connectivity index (χ0v) is 22.0. The highest BCUT2D eigenvalue weighted by Crippen LogP contribution is 2.46. The van der Waals surface area contributed by atoms with Gasteiger partial charge >= 0.3 is 5.91 Å². The van der Waals surface area contributed by atoms with Crippen LogP contribution in [0, 0.1) is 0 Å². The molecule has 0 spiro atoms. The Morgan fingerprint density at radius 2 is 1.89 bits per heavy atom. The zero-order valence-electron chi connectivity index (χ0n) is 20.4. The van der Waals surface area contributed by atoms with E-state index in [-0.39, 0.29) is 17.9 Å². The molecule has 38 heavy (non-hydrogen) atoms. The molecule has 1 fully saturated rings. The Labute approximate surface area is 228 Å². The third-order valence-corrected chi connectivity index (χ3v) is 7.23. The second-order valence-corrected chi connectivity index (χ2v) is 9.83. The maximum atomic E-state index is 13.5. The van der Waals surface area contributed by atoms with E-state index in [4.69, 9.17) is 21.1 Å². The predicted molar refractivity (Wildman–Crippen MR) is 149 cm³/mol. The van der Waals surface area contributed by atoms with Gasteiger partial charge in [0.15, 0.2) is 16.6 Å². The molecule has 3 aromatic carbocycles. The highest BCUT2D eigenvalue weighted by molar-refractivity contribution is 7.22. The van der Waals surface area contributed by atoms with Crippen LogP contribution in [0.25, 0.3) is 16.0 Å². The summed E-state index contributed by atoms with van der Waals surface area (Å²) < 4.78 is 12.3. The summed E-state index contributed by atoms with van der Waals surface area (Å²) in [4.78, 5) is 32.9. The maximum absolute atomic E-state index is 13.5. The number of ether oxygens (including phenoxy) is 2. The van der Waals surface area contributed by atoms with Gasteiger partial charge in [-0.3, -0.25) is 14.5 Å². The second-order valence-electron chi connectivity index (χ2n) is 8.38. The summed E-state index contributed by atoms with van der Waals surface area (Å²) in [7, 11) is 0. The normalized spacial score (nSPS) is 16.7. The first-order valence-corrected chi connectivity index (χ1v) is 13.0. The van der Waals surface area contributed by atoms with Gasteiger partial charge in [-0.25, -0.2) is 4.98 Å². The van der Waals surface area contributed by atoms with Gasteiger partial charge < -0.3 is 14.6 Å². The molecule has 9 heteroatoms. The van der Waals surface area contributed by atoms with Crippen LogP contribution in [-0.4, -0.2) is 35.0 Å². The van der Waals surface area contributed by atoms with E-state index in [1.165, 1.54) is 16.2 Å². The summed E-state index contributed by atoms with van der Waals surface area (Å²) in [5, 5.41) is 12.1. The first kappa shape index (κ1) is 25.5. The van der Waals surface area contributed by atoms with E-state index in [1.54, 1.807) is 72.8 Å². The Morgan fingerprint density at radius 3 is 2.63 bits per heavy atom. The SMILES string of the molecule is C=CCOc1ccc(C2C(=C(O)c3ccccc3)C(=O)C(=O)N2c2nc3ccc(Cl)cc3s2)cc1OCC. The van der Waals surface area contributed by atoms with Crippen molar-refractivity contribution in [2.75, 3.05) is 18.1 Å². The molecule has 0 radical (unpaired) electrons. The van der Waals surface area contributed by atoms with Gasteiger partial charge in [0.25, 0.3) is 5.78 Å². The van der Waals surface area contributed by atoms with Crippen LogP contribution < -0.4 is 14.4 Å². The number of carbonyl (C=O) groups excluding carboxylic acids is 2. The van der Waals surface area contributed by atoms with E-state index in [0.717, 1.165) is 4.70 Å². The number of carbonyl (C=O) groups is 2. The molecule has 1 N–H and O–H groups in total. The van der Waals surface area contributed by atoms with E-state index in [0.29, 0.717) is 44.9 Å². The monoisotopic (exact) mass is 546 g/mol. The van der Waals surface area contributed by atoms with Crippen molar-refractivity contribution in [3.8, 4) is 11.5 Å². The van der Waals surface area contributed by atoms with Crippen molar-refractivity contribution < 1.29 is 24.2 Å². The number of thiazole rings is 1. The molecule has 0 saturated carbocycles. The first-order valence-electron chi connectivity index (χ1n) is 11.9. The van der Waals surface area contributed by atoms with Crippen LogP contribution in [0.4, 0.5) is 5.13 Å². The van der Waals surface area contributed by atoms with Crippen molar-refractivity contribution in [1.29, 1.82) is 0 Å². The standard InChI is InChI=1S/C29H23ClN2O5S/c1-3-14-37-21-13-10-18(15-22(21)36-4-2)25-24(26(33)17-8-6-5-7-9-17)27(34)28(35)32(25)29-31-20-12-11-19(30)16-23(20)38-29/h3,5-13,15-16,25,33H,1,4,14H2,2H3. The van der Waals surface area contributed by atoms with Crippen LogP contribution in [0.15, 0.2) is 85.0 Å². The van der Waals surface area contributed by atoms with Gasteiger partial charge in [-0.2, -0.15) is 0 Å². The van der Waals surface area contributed by atoms with E-state index in [2.05, 4.69) is 11.6 Å². The summed E-state index contributed by atoms with van der Waals surface area (Å²) in [5.41, 5.74) is 1.57. The van der Waals surface area contributed by atoms with Gasteiger partial charge in [-0.05, 0) is 42.8 Å². The lowest BCUT2D eigenvalue weighted by atomic mass is 9.95. The van der Waals surface area contributed by atoms with E-state index in [9.17, 15) is 14.7 Å². The fourth-order valence-corrected chi connectivity index (χ4v) is 5.59. The Hall–Kier alpha value is -4.14. The molecule has 5 rings (SSSR count). The number of aliphatic hydroxyl groups is 1. The number of ketones is 1. The van der Waals surface area contributed by atoms with Crippen molar-refractivity contribution in [3.63, 3.8) is 0 Å². The lowest BCUT2D eigenvalue weighted by Crippen LogP contribution is -2.29. The number of hydrogen-bond acceptors (Lipinski definition) is 7. The smallest absolute Gasteiger partial charge is 0.301 e. The molecule has 1 unspecified atom stereocenters. The fraction of sp³-hybridized carbons (Fsp3) is 0.138.